The van der Waals surface area contributed by atoms with Gasteiger partial charge in [0.05, 0.1) is 26.0 Å². The zero-order valence-corrected chi connectivity index (χ0v) is 32.7. The average molecular weight is 774 g/mol. The maximum Gasteiger partial charge on any atom is 0.215 e. The summed E-state index contributed by atoms with van der Waals surface area (Å²) in [5.41, 5.74) is 6.13. The molecular weight excluding hydrogens is 725 g/mol. The van der Waals surface area contributed by atoms with Crippen LogP contribution >= 0.6 is 33.9 Å². The molecule has 5 rings (SSSR count). The fourth-order valence-electron chi connectivity index (χ4n) is 4.72. The summed E-state index contributed by atoms with van der Waals surface area (Å²) in [6.07, 6.45) is 10.3. The van der Waals surface area contributed by atoms with Gasteiger partial charge in [-0.2, -0.15) is 10.2 Å². The van der Waals surface area contributed by atoms with Crippen LogP contribution in [0.3, 0.4) is 0 Å². The lowest BCUT2D eigenvalue weighted by molar-refractivity contribution is 0.153. The van der Waals surface area contributed by atoms with E-state index in [2.05, 4.69) is 103 Å². The van der Waals surface area contributed by atoms with Crippen molar-refractivity contribution < 1.29 is 4.74 Å². The molecule has 0 aliphatic carbocycles. The lowest BCUT2D eigenvalue weighted by Gasteiger charge is -2.22. The largest absolute Gasteiger partial charge is 0.361 e. The molecule has 0 aliphatic rings. The highest BCUT2D eigenvalue weighted by Gasteiger charge is 2.20. The van der Waals surface area contributed by atoms with Crippen molar-refractivity contribution in [2.24, 2.45) is 14.1 Å². The number of hydrogen-bond acceptors (Lipinski definition) is 9. The summed E-state index contributed by atoms with van der Waals surface area (Å²) >= 11 is 3.91. The third-order valence-electron chi connectivity index (χ3n) is 7.21. The Morgan fingerprint density at radius 1 is 0.957 bits per heavy atom. The highest BCUT2D eigenvalue weighted by atomic mass is 127. The number of aryl methyl sites for hydroxylation is 4. The van der Waals surface area contributed by atoms with Gasteiger partial charge in [0.15, 0.2) is 0 Å². The smallest absolute Gasteiger partial charge is 0.215 e. The van der Waals surface area contributed by atoms with Crippen LogP contribution in [0.5, 0.6) is 0 Å². The van der Waals surface area contributed by atoms with Crippen molar-refractivity contribution in [2.75, 3.05) is 18.2 Å². The fraction of sp³-hybridized carbons (Fsp3) is 0.515. The Morgan fingerprint density at radius 3 is 2.28 bits per heavy atom. The molecule has 0 aromatic carbocycles. The van der Waals surface area contributed by atoms with E-state index in [1.807, 2.05) is 52.9 Å². The molecular formula is C33H48IN9OSSi. The maximum atomic E-state index is 6.13. The van der Waals surface area contributed by atoms with Crippen LogP contribution in [0.1, 0.15) is 62.8 Å². The third kappa shape index (κ3) is 9.88. The molecule has 0 radical (unpaired) electrons. The zero-order valence-electron chi connectivity index (χ0n) is 28.7. The van der Waals surface area contributed by atoms with Crippen LogP contribution in [-0.4, -0.2) is 61.1 Å². The monoisotopic (exact) mass is 773 g/mol. The number of ether oxygens (including phenoxy) is 1. The SMILES string of the molecule is CCCc1nn(C)cc1-c1cnc2ccc(N(COCC[Si](C)(C)C)c3nnc(C(C)C)s3)nc2c1.CCCc1nn(C)cc1I. The van der Waals surface area contributed by atoms with Crippen molar-refractivity contribution in [3.8, 4) is 11.1 Å². The second-order valence-electron chi connectivity index (χ2n) is 13.0. The van der Waals surface area contributed by atoms with E-state index in [1.165, 1.54) is 15.7 Å². The molecule has 0 saturated heterocycles. The quantitative estimate of drug-likeness (QED) is 0.0510. The molecule has 0 unspecified atom stereocenters. The lowest BCUT2D eigenvalue weighted by Crippen LogP contribution is -2.26. The molecule has 0 saturated carbocycles. The predicted molar refractivity (Wildman–Crippen MR) is 201 cm³/mol. The first-order chi connectivity index (χ1) is 21.9. The normalized spacial score (nSPS) is 11.7. The molecule has 10 nitrogen and oxygen atoms in total. The lowest BCUT2D eigenvalue weighted by atomic mass is 10.1. The van der Waals surface area contributed by atoms with Gasteiger partial charge in [0.1, 0.15) is 17.6 Å². The van der Waals surface area contributed by atoms with Gasteiger partial charge < -0.3 is 4.74 Å². The van der Waals surface area contributed by atoms with E-state index in [1.54, 1.807) is 11.3 Å². The minimum Gasteiger partial charge on any atom is -0.361 e. The molecule has 5 heterocycles. The van der Waals surface area contributed by atoms with Crippen molar-refractivity contribution in [2.45, 2.75) is 85.0 Å². The summed E-state index contributed by atoms with van der Waals surface area (Å²) < 4.78 is 11.2. The molecule has 248 valence electrons. The molecule has 0 atom stereocenters. The second-order valence-corrected chi connectivity index (χ2v) is 20.8. The maximum absolute atomic E-state index is 6.13. The van der Waals surface area contributed by atoms with Crippen molar-refractivity contribution in [1.82, 2.24) is 39.7 Å². The number of halogens is 1. The van der Waals surface area contributed by atoms with Crippen LogP contribution in [0.4, 0.5) is 10.9 Å². The fourth-order valence-corrected chi connectivity index (χ4v) is 7.10. The van der Waals surface area contributed by atoms with Crippen LogP contribution in [0.25, 0.3) is 22.2 Å². The average Bonchev–Trinajstić information content (AvgIpc) is 3.71. The first kappa shape index (κ1) is 36.1. The van der Waals surface area contributed by atoms with Gasteiger partial charge in [-0.1, -0.05) is 71.5 Å². The summed E-state index contributed by atoms with van der Waals surface area (Å²) in [6.45, 7) is 16.8. The van der Waals surface area contributed by atoms with E-state index in [0.29, 0.717) is 12.6 Å². The molecule has 5 aromatic rings. The van der Waals surface area contributed by atoms with Crippen LogP contribution in [0.2, 0.25) is 25.7 Å². The Balaban J connectivity index is 0.000000409. The molecule has 0 bridgehead atoms. The zero-order chi connectivity index (χ0) is 33.4. The molecule has 13 heteroatoms. The van der Waals surface area contributed by atoms with Crippen LogP contribution in [-0.2, 0) is 31.7 Å². The van der Waals surface area contributed by atoms with Gasteiger partial charge in [0, 0.05) is 64.4 Å². The number of rotatable bonds is 13. The molecule has 0 amide bonds. The second kappa shape index (κ2) is 16.4. The molecule has 0 fully saturated rings. The summed E-state index contributed by atoms with van der Waals surface area (Å²) in [7, 11) is 2.74. The number of pyridine rings is 2. The number of hydrogen-bond donors (Lipinski definition) is 0. The van der Waals surface area contributed by atoms with Crippen LogP contribution in [0, 0.1) is 3.57 Å². The third-order valence-corrected chi connectivity index (χ3v) is 11.1. The Bertz CT molecular complexity index is 1710. The van der Waals surface area contributed by atoms with Gasteiger partial charge in [0.25, 0.3) is 0 Å². The molecule has 5 aromatic heterocycles. The van der Waals surface area contributed by atoms with E-state index in [0.717, 1.165) is 75.7 Å². The standard InChI is InChI=1S/C26H37N7OSSi.C7H11IN2/c1-8-9-21-20(16-32(4)31-21)19-14-23-22(27-15-19)10-11-24(28-23)33(17-34-12-13-36(5,6)7)26-30-29-25(35-26)18(2)3;1-3-4-7-6(8)5-10(2)9-7/h10-11,14-16,18H,8-9,12-13,17H2,1-7H3;5H,3-4H2,1-2H3. The minimum atomic E-state index is -1.18. The Kier molecular flexibility index (Phi) is 12.8. The van der Waals surface area contributed by atoms with Crippen LogP contribution < -0.4 is 4.90 Å². The Labute approximate surface area is 292 Å². The summed E-state index contributed by atoms with van der Waals surface area (Å²) in [5.74, 6) is 1.10. The molecule has 0 spiro atoms. The van der Waals surface area contributed by atoms with Gasteiger partial charge >= 0.3 is 0 Å². The predicted octanol–water partition coefficient (Wildman–Crippen LogP) is 8.39. The summed E-state index contributed by atoms with van der Waals surface area (Å²) in [4.78, 5) is 11.7. The van der Waals surface area contributed by atoms with Gasteiger partial charge in [-0.15, -0.1) is 10.2 Å². The van der Waals surface area contributed by atoms with E-state index in [4.69, 9.17) is 14.7 Å². The number of anilines is 2. The molecule has 0 aliphatic heterocycles. The molecule has 46 heavy (non-hydrogen) atoms. The topological polar surface area (TPSA) is 99.7 Å². The Morgan fingerprint density at radius 2 is 1.65 bits per heavy atom. The van der Waals surface area contributed by atoms with Crippen molar-refractivity contribution >= 4 is 64.0 Å². The van der Waals surface area contributed by atoms with Gasteiger partial charge in [-0.25, -0.2) is 4.98 Å². The van der Waals surface area contributed by atoms with E-state index >= 15 is 0 Å². The highest BCUT2D eigenvalue weighted by molar-refractivity contribution is 14.1. The summed E-state index contributed by atoms with van der Waals surface area (Å²) in [5, 5.41) is 19.6. The van der Waals surface area contributed by atoms with E-state index in [9.17, 15) is 0 Å². The Hall–Kier alpha value is -2.75. The molecule has 0 N–H and O–H groups in total. The van der Waals surface area contributed by atoms with Gasteiger partial charge in [-0.3, -0.25) is 19.2 Å². The minimum absolute atomic E-state index is 0.319. The number of fused-ring (bicyclic) bond motifs is 1. The van der Waals surface area contributed by atoms with Gasteiger partial charge in [0.2, 0.25) is 5.13 Å². The van der Waals surface area contributed by atoms with E-state index in [-0.39, 0.29) is 0 Å². The number of nitrogens with zero attached hydrogens (tertiary/aromatic N) is 9. The van der Waals surface area contributed by atoms with Crippen molar-refractivity contribution in [3.63, 3.8) is 0 Å². The van der Waals surface area contributed by atoms with Crippen molar-refractivity contribution in [1.29, 1.82) is 0 Å². The highest BCUT2D eigenvalue weighted by Crippen LogP contribution is 2.32. The van der Waals surface area contributed by atoms with Gasteiger partial charge in [-0.05, 0) is 59.7 Å². The first-order valence-corrected chi connectivity index (χ1v) is 21.6. The summed E-state index contributed by atoms with van der Waals surface area (Å²) in [6, 6.07) is 7.21. The van der Waals surface area contributed by atoms with Crippen molar-refractivity contribution in [3.05, 3.63) is 56.8 Å². The number of aromatic nitrogens is 8. The van der Waals surface area contributed by atoms with Crippen LogP contribution in [0.15, 0.2) is 36.8 Å². The van der Waals surface area contributed by atoms with E-state index < -0.39 is 8.07 Å². The first-order valence-electron chi connectivity index (χ1n) is 16.0.